The minimum absolute atomic E-state index is 0.429. The van der Waals surface area contributed by atoms with Crippen LogP contribution < -0.4 is 5.46 Å². The van der Waals surface area contributed by atoms with E-state index in [1.54, 1.807) is 0 Å². The van der Waals surface area contributed by atoms with Crippen LogP contribution >= 0.6 is 0 Å². The highest BCUT2D eigenvalue weighted by Crippen LogP contribution is 2.04. The first-order chi connectivity index (χ1) is 7.27. The largest absolute Gasteiger partial charge is 0.491 e. The molecule has 0 unspecified atom stereocenters. The third kappa shape index (κ3) is 2.26. The maximum atomic E-state index is 9.07. The van der Waals surface area contributed by atoms with Crippen molar-refractivity contribution in [3.05, 3.63) is 47.8 Å². The molecule has 2 aromatic rings. The van der Waals surface area contributed by atoms with Gasteiger partial charge in [-0.3, -0.25) is 5.10 Å². The number of rotatable bonds is 3. The molecular weight excluding hydrogens is 191 g/mol. The molecule has 0 aliphatic rings. The van der Waals surface area contributed by atoms with E-state index in [2.05, 4.69) is 10.2 Å². The summed E-state index contributed by atoms with van der Waals surface area (Å²) in [5.41, 5.74) is 2.26. The van der Waals surface area contributed by atoms with Gasteiger partial charge in [-0.1, -0.05) is 30.3 Å². The molecule has 0 saturated carbocycles. The second-order valence-electron chi connectivity index (χ2n) is 3.34. The van der Waals surface area contributed by atoms with Crippen LogP contribution in [0.4, 0.5) is 0 Å². The van der Waals surface area contributed by atoms with Crippen LogP contribution in [-0.4, -0.2) is 27.4 Å². The van der Waals surface area contributed by atoms with Gasteiger partial charge in [-0.25, -0.2) is 0 Å². The number of hydrogen-bond acceptors (Lipinski definition) is 3. The van der Waals surface area contributed by atoms with E-state index in [0.717, 1.165) is 11.3 Å². The van der Waals surface area contributed by atoms with Gasteiger partial charge in [0.1, 0.15) is 0 Å². The summed E-state index contributed by atoms with van der Waals surface area (Å²) >= 11 is 0. The zero-order valence-corrected chi connectivity index (χ0v) is 8.09. The topological polar surface area (TPSA) is 69.1 Å². The average molecular weight is 202 g/mol. The molecule has 0 fully saturated rings. The van der Waals surface area contributed by atoms with E-state index >= 15 is 0 Å². The van der Waals surface area contributed by atoms with Gasteiger partial charge in [-0.2, -0.15) is 5.10 Å². The van der Waals surface area contributed by atoms with E-state index in [0.29, 0.717) is 11.9 Å². The van der Waals surface area contributed by atoms with E-state index in [1.807, 2.05) is 30.3 Å². The molecule has 0 bridgehead atoms. The van der Waals surface area contributed by atoms with Crippen molar-refractivity contribution in [2.24, 2.45) is 0 Å². The van der Waals surface area contributed by atoms with Crippen molar-refractivity contribution < 1.29 is 10.0 Å². The van der Waals surface area contributed by atoms with Crippen molar-refractivity contribution in [2.45, 2.75) is 6.42 Å². The number of nitrogens with zero attached hydrogens (tertiary/aromatic N) is 1. The fourth-order valence-corrected chi connectivity index (χ4v) is 1.49. The van der Waals surface area contributed by atoms with Crippen molar-refractivity contribution in [1.29, 1.82) is 0 Å². The lowest BCUT2D eigenvalue weighted by molar-refractivity contribution is 0.425. The summed E-state index contributed by atoms with van der Waals surface area (Å²) in [6, 6.07) is 9.79. The number of aromatic nitrogens is 2. The molecule has 2 rings (SSSR count). The van der Waals surface area contributed by atoms with E-state index < -0.39 is 7.12 Å². The molecule has 0 aliphatic heterocycles. The molecule has 0 radical (unpaired) electrons. The quantitative estimate of drug-likeness (QED) is 0.597. The van der Waals surface area contributed by atoms with Gasteiger partial charge in [0.25, 0.3) is 0 Å². The molecular formula is C10H11BN2O2. The van der Waals surface area contributed by atoms with Gasteiger partial charge in [0.05, 0.1) is 0 Å². The highest BCUT2D eigenvalue weighted by molar-refractivity contribution is 6.59. The van der Waals surface area contributed by atoms with Crippen LogP contribution in [0.25, 0.3) is 0 Å². The number of nitrogens with one attached hydrogen (secondary N) is 1. The maximum Gasteiger partial charge on any atom is 0.491 e. The summed E-state index contributed by atoms with van der Waals surface area (Å²) in [7, 11) is -1.47. The van der Waals surface area contributed by atoms with Gasteiger partial charge in [-0.05, 0) is 5.56 Å². The van der Waals surface area contributed by atoms with Crippen molar-refractivity contribution in [2.75, 3.05) is 0 Å². The second kappa shape index (κ2) is 4.29. The van der Waals surface area contributed by atoms with Gasteiger partial charge >= 0.3 is 7.12 Å². The monoisotopic (exact) mass is 202 g/mol. The number of aromatic amines is 1. The second-order valence-corrected chi connectivity index (χ2v) is 3.34. The smallest absolute Gasteiger partial charge is 0.423 e. The zero-order valence-electron chi connectivity index (χ0n) is 8.09. The van der Waals surface area contributed by atoms with Crippen molar-refractivity contribution in [3.8, 4) is 0 Å². The highest BCUT2D eigenvalue weighted by Gasteiger charge is 2.17. The lowest BCUT2D eigenvalue weighted by Gasteiger charge is -2.01. The van der Waals surface area contributed by atoms with Gasteiger partial charge in [-0.15, -0.1) is 0 Å². The molecule has 1 aromatic carbocycles. The first-order valence-corrected chi connectivity index (χ1v) is 4.69. The normalized spacial score (nSPS) is 10.3. The summed E-state index contributed by atoms with van der Waals surface area (Å²) in [5, 5.41) is 24.7. The Balaban J connectivity index is 2.21. The van der Waals surface area contributed by atoms with Gasteiger partial charge < -0.3 is 10.0 Å². The van der Waals surface area contributed by atoms with Crippen molar-refractivity contribution >= 4 is 12.6 Å². The Bertz CT molecular complexity index is 428. The van der Waals surface area contributed by atoms with Crippen LogP contribution in [0.3, 0.4) is 0 Å². The first kappa shape index (κ1) is 9.95. The van der Waals surface area contributed by atoms with Crippen LogP contribution in [0, 0.1) is 0 Å². The molecule has 0 aliphatic carbocycles. The van der Waals surface area contributed by atoms with Gasteiger partial charge in [0.2, 0.25) is 0 Å². The Morgan fingerprint density at radius 2 is 1.93 bits per heavy atom. The number of H-pyrrole nitrogens is 1. The van der Waals surface area contributed by atoms with E-state index in [9.17, 15) is 0 Å². The molecule has 76 valence electrons. The minimum Gasteiger partial charge on any atom is -0.423 e. The third-order valence-corrected chi connectivity index (χ3v) is 2.25. The fourth-order valence-electron chi connectivity index (χ4n) is 1.49. The van der Waals surface area contributed by atoms with E-state index in [-0.39, 0.29) is 0 Å². The van der Waals surface area contributed by atoms with Crippen molar-refractivity contribution in [1.82, 2.24) is 10.2 Å². The average Bonchev–Trinajstić information content (AvgIpc) is 2.67. The van der Waals surface area contributed by atoms with E-state index in [4.69, 9.17) is 10.0 Å². The Morgan fingerprint density at radius 3 is 2.60 bits per heavy atom. The van der Waals surface area contributed by atoms with Crippen LogP contribution in [0.15, 0.2) is 36.5 Å². The molecule has 15 heavy (non-hydrogen) atoms. The number of hydrogen-bond donors (Lipinski definition) is 3. The first-order valence-electron chi connectivity index (χ1n) is 4.69. The summed E-state index contributed by atoms with van der Waals surface area (Å²) in [4.78, 5) is 0. The predicted octanol–water partition coefficient (Wildman–Crippen LogP) is -0.320. The molecule has 1 heterocycles. The lowest BCUT2D eigenvalue weighted by atomic mass is 9.79. The number of benzene rings is 1. The Kier molecular flexibility index (Phi) is 2.85. The lowest BCUT2D eigenvalue weighted by Crippen LogP contribution is -2.31. The molecule has 0 amide bonds. The summed E-state index contributed by atoms with van der Waals surface area (Å²) < 4.78 is 0. The zero-order chi connectivity index (χ0) is 10.7. The van der Waals surface area contributed by atoms with Crippen LogP contribution in [0.5, 0.6) is 0 Å². The minimum atomic E-state index is -1.47. The molecule has 1 aromatic heterocycles. The Morgan fingerprint density at radius 1 is 1.20 bits per heavy atom. The summed E-state index contributed by atoms with van der Waals surface area (Å²) in [6.07, 6.45) is 2.05. The standard InChI is InChI=1S/C10H11BN2O2/c14-11(15)9-7-12-13-10(9)6-8-4-2-1-3-5-8/h1-5,7,14-15H,6H2,(H,12,13). The summed E-state index contributed by atoms with van der Waals surface area (Å²) in [5.74, 6) is 0. The molecule has 5 heteroatoms. The SMILES string of the molecule is OB(O)c1cn[nH]c1Cc1ccccc1. The summed E-state index contributed by atoms with van der Waals surface area (Å²) in [6.45, 7) is 0. The van der Waals surface area contributed by atoms with Crippen LogP contribution in [-0.2, 0) is 6.42 Å². The third-order valence-electron chi connectivity index (χ3n) is 2.25. The predicted molar refractivity (Wildman–Crippen MR) is 57.7 cm³/mol. The maximum absolute atomic E-state index is 9.07. The van der Waals surface area contributed by atoms with Crippen LogP contribution in [0.2, 0.25) is 0 Å². The molecule has 0 saturated heterocycles. The Labute approximate surface area is 87.7 Å². The molecule has 3 N–H and O–H groups in total. The van der Waals surface area contributed by atoms with E-state index in [1.165, 1.54) is 6.20 Å². The fraction of sp³-hybridized carbons (Fsp3) is 0.100. The van der Waals surface area contributed by atoms with Gasteiger partial charge in [0, 0.05) is 23.8 Å². The van der Waals surface area contributed by atoms with Gasteiger partial charge in [0.15, 0.2) is 0 Å². The molecule has 4 nitrogen and oxygen atoms in total. The molecule has 0 atom stereocenters. The van der Waals surface area contributed by atoms with Crippen molar-refractivity contribution in [3.63, 3.8) is 0 Å². The van der Waals surface area contributed by atoms with Crippen LogP contribution in [0.1, 0.15) is 11.3 Å². The highest BCUT2D eigenvalue weighted by atomic mass is 16.4. The molecule has 0 spiro atoms. The Hall–Kier alpha value is -1.59.